The van der Waals surface area contributed by atoms with Gasteiger partial charge in [-0.25, -0.2) is 5.01 Å². The van der Waals surface area contributed by atoms with Crippen molar-refractivity contribution in [2.24, 2.45) is 16.3 Å². The van der Waals surface area contributed by atoms with Crippen LogP contribution in [0.25, 0.3) is 0 Å². The highest BCUT2D eigenvalue weighted by molar-refractivity contribution is 6.07. The quantitative estimate of drug-likeness (QED) is 0.248. The molecule has 1 rings (SSSR count). The van der Waals surface area contributed by atoms with Gasteiger partial charge in [0.1, 0.15) is 5.41 Å². The molecule has 80 valence electrons. The Bertz CT molecular complexity index is 258. The molecule has 0 aromatic heterocycles. The lowest BCUT2D eigenvalue weighted by Crippen LogP contribution is -2.56. The van der Waals surface area contributed by atoms with Crippen molar-refractivity contribution >= 4 is 11.7 Å². The largest absolute Gasteiger partial charge is 0.409 e. The highest BCUT2D eigenvalue weighted by Gasteiger charge is 2.48. The summed E-state index contributed by atoms with van der Waals surface area (Å²) in [5, 5.41) is 13.1. The fourth-order valence-electron chi connectivity index (χ4n) is 1.54. The van der Waals surface area contributed by atoms with Crippen molar-refractivity contribution in [3.05, 3.63) is 0 Å². The van der Waals surface area contributed by atoms with Gasteiger partial charge in [-0.1, -0.05) is 11.6 Å². The van der Waals surface area contributed by atoms with Gasteiger partial charge in [0.15, 0.2) is 5.84 Å². The van der Waals surface area contributed by atoms with Gasteiger partial charge in [-0.3, -0.25) is 10.2 Å². The number of amides is 1. The number of hydrogen-bond donors (Lipinski definition) is 3. The van der Waals surface area contributed by atoms with E-state index >= 15 is 0 Å². The molecule has 0 aromatic rings. The van der Waals surface area contributed by atoms with Crippen LogP contribution in [0.4, 0.5) is 0 Å². The summed E-state index contributed by atoms with van der Waals surface area (Å²) >= 11 is 0. The number of oxime groups is 1. The highest BCUT2D eigenvalue weighted by Crippen LogP contribution is 2.41. The van der Waals surface area contributed by atoms with Gasteiger partial charge in [-0.05, 0) is 12.8 Å². The minimum absolute atomic E-state index is 0.00287. The molecule has 1 amide bonds. The van der Waals surface area contributed by atoms with E-state index in [2.05, 4.69) is 10.6 Å². The van der Waals surface area contributed by atoms with Crippen LogP contribution in [-0.4, -0.2) is 36.1 Å². The molecule has 0 radical (unpaired) electrons. The van der Waals surface area contributed by atoms with Crippen LogP contribution < -0.4 is 11.2 Å². The van der Waals surface area contributed by atoms with E-state index in [0.717, 1.165) is 6.42 Å². The number of carbonyl (C=O) groups excluding carboxylic acids is 1. The van der Waals surface area contributed by atoms with Crippen LogP contribution in [0.2, 0.25) is 0 Å². The molecule has 6 heteroatoms. The van der Waals surface area contributed by atoms with Crippen molar-refractivity contribution in [3.8, 4) is 0 Å². The Kier molecular flexibility index (Phi) is 2.95. The second-order valence-corrected chi connectivity index (χ2v) is 3.76. The molecule has 1 aliphatic rings. The zero-order valence-corrected chi connectivity index (χ0v) is 8.45. The third-order valence-electron chi connectivity index (χ3n) is 2.56. The van der Waals surface area contributed by atoms with Crippen LogP contribution in [0.1, 0.15) is 19.3 Å². The van der Waals surface area contributed by atoms with Gasteiger partial charge >= 0.3 is 0 Å². The van der Waals surface area contributed by atoms with E-state index in [9.17, 15) is 4.79 Å². The van der Waals surface area contributed by atoms with E-state index < -0.39 is 5.41 Å². The smallest absolute Gasteiger partial charge is 0.248 e. The summed E-state index contributed by atoms with van der Waals surface area (Å²) in [5.41, 5.74) is 7.34. The number of nitrogens with two attached hydrogens (primary N) is 1. The van der Waals surface area contributed by atoms with Crippen LogP contribution in [0.15, 0.2) is 5.16 Å². The van der Waals surface area contributed by atoms with Crippen molar-refractivity contribution < 1.29 is 10.0 Å². The predicted molar refractivity (Wildman–Crippen MR) is 51.5 cm³/mol. The average molecular weight is 200 g/mol. The Morgan fingerprint density at radius 1 is 1.57 bits per heavy atom. The molecule has 6 nitrogen and oxygen atoms in total. The first-order valence-electron chi connectivity index (χ1n) is 4.49. The van der Waals surface area contributed by atoms with Crippen LogP contribution in [0.3, 0.4) is 0 Å². The third-order valence-corrected chi connectivity index (χ3v) is 2.56. The van der Waals surface area contributed by atoms with Gasteiger partial charge in [0.05, 0.1) is 0 Å². The monoisotopic (exact) mass is 200 g/mol. The number of nitrogens with zero attached hydrogens (tertiary/aromatic N) is 2. The van der Waals surface area contributed by atoms with Gasteiger partial charge in [-0.15, -0.1) is 0 Å². The summed E-state index contributed by atoms with van der Waals surface area (Å²) in [7, 11) is 3.44. The van der Waals surface area contributed by atoms with Gasteiger partial charge in [0, 0.05) is 14.1 Å². The van der Waals surface area contributed by atoms with E-state index in [1.807, 2.05) is 0 Å². The molecular formula is C8H16N4O2. The first-order chi connectivity index (χ1) is 6.53. The molecule has 0 unspecified atom stereocenters. The molecule has 0 spiro atoms. The Labute approximate surface area is 82.7 Å². The number of nitrogens with one attached hydrogen (secondary N) is 1. The second-order valence-electron chi connectivity index (χ2n) is 3.76. The van der Waals surface area contributed by atoms with E-state index in [0.29, 0.717) is 12.8 Å². The standard InChI is InChI=1S/C8H16N4O2/c1-12(2)10-7(13)8(4-3-5-8)6(9)11-14/h14H,3-5H2,1-2H3,(H2,9,11)(H,10,13). The van der Waals surface area contributed by atoms with E-state index in [1.165, 1.54) is 0 Å². The van der Waals surface area contributed by atoms with Crippen molar-refractivity contribution in [1.82, 2.24) is 10.4 Å². The van der Waals surface area contributed by atoms with Crippen LogP contribution in [-0.2, 0) is 4.79 Å². The fraction of sp³-hybridized carbons (Fsp3) is 0.750. The first-order valence-corrected chi connectivity index (χ1v) is 4.49. The zero-order valence-electron chi connectivity index (χ0n) is 8.45. The van der Waals surface area contributed by atoms with Gasteiger partial charge < -0.3 is 10.9 Å². The molecule has 0 aliphatic heterocycles. The average Bonchev–Trinajstić information content (AvgIpc) is 2.00. The third kappa shape index (κ3) is 1.65. The summed E-state index contributed by atoms with van der Waals surface area (Å²) in [6.07, 6.45) is 2.21. The normalized spacial score (nSPS) is 20.4. The summed E-state index contributed by atoms with van der Waals surface area (Å²) < 4.78 is 0. The van der Waals surface area contributed by atoms with Crippen molar-refractivity contribution in [3.63, 3.8) is 0 Å². The molecule has 0 aromatic carbocycles. The maximum Gasteiger partial charge on any atom is 0.248 e. The summed E-state index contributed by atoms with van der Waals surface area (Å²) in [5.74, 6) is -0.202. The molecular weight excluding hydrogens is 184 g/mol. The first kappa shape index (κ1) is 10.8. The lowest BCUT2D eigenvalue weighted by molar-refractivity contribution is -0.135. The molecule has 1 saturated carbocycles. The minimum atomic E-state index is -0.793. The lowest BCUT2D eigenvalue weighted by Gasteiger charge is -2.39. The van der Waals surface area contributed by atoms with Gasteiger partial charge in [0.2, 0.25) is 5.91 Å². The summed E-state index contributed by atoms with van der Waals surface area (Å²) in [6.45, 7) is 0. The molecule has 0 atom stereocenters. The Hall–Kier alpha value is -1.30. The maximum absolute atomic E-state index is 11.7. The SMILES string of the molecule is CN(C)NC(=O)C1(C(N)=NO)CCC1. The summed E-state index contributed by atoms with van der Waals surface area (Å²) in [4.78, 5) is 11.7. The van der Waals surface area contributed by atoms with E-state index in [1.54, 1.807) is 19.1 Å². The van der Waals surface area contributed by atoms with Crippen LogP contribution >= 0.6 is 0 Å². The van der Waals surface area contributed by atoms with Crippen molar-refractivity contribution in [2.75, 3.05) is 14.1 Å². The van der Waals surface area contributed by atoms with Crippen LogP contribution in [0, 0.1) is 5.41 Å². The van der Waals surface area contributed by atoms with E-state index in [-0.39, 0.29) is 11.7 Å². The molecule has 4 N–H and O–H groups in total. The van der Waals surface area contributed by atoms with Gasteiger partial charge in [0.25, 0.3) is 0 Å². The molecule has 0 saturated heterocycles. The molecule has 14 heavy (non-hydrogen) atoms. The number of carbonyl (C=O) groups is 1. The Morgan fingerprint density at radius 3 is 2.43 bits per heavy atom. The Morgan fingerprint density at radius 2 is 2.14 bits per heavy atom. The molecule has 1 fully saturated rings. The Balaban J connectivity index is 2.75. The highest BCUT2D eigenvalue weighted by atomic mass is 16.4. The zero-order chi connectivity index (χ0) is 10.8. The van der Waals surface area contributed by atoms with Crippen molar-refractivity contribution in [2.45, 2.75) is 19.3 Å². The lowest BCUT2D eigenvalue weighted by atomic mass is 9.67. The van der Waals surface area contributed by atoms with Gasteiger partial charge in [-0.2, -0.15) is 0 Å². The number of hydrazine groups is 1. The molecule has 0 heterocycles. The fourth-order valence-corrected chi connectivity index (χ4v) is 1.54. The van der Waals surface area contributed by atoms with Crippen LogP contribution in [0.5, 0.6) is 0 Å². The van der Waals surface area contributed by atoms with E-state index in [4.69, 9.17) is 10.9 Å². The maximum atomic E-state index is 11.7. The number of amidine groups is 1. The molecule has 1 aliphatic carbocycles. The predicted octanol–water partition coefficient (Wildman–Crippen LogP) is -0.504. The van der Waals surface area contributed by atoms with Crippen molar-refractivity contribution in [1.29, 1.82) is 0 Å². The second kappa shape index (κ2) is 3.83. The number of rotatable bonds is 3. The number of hydrogen-bond acceptors (Lipinski definition) is 4. The topological polar surface area (TPSA) is 91.0 Å². The summed E-state index contributed by atoms with van der Waals surface area (Å²) in [6, 6.07) is 0. The molecule has 0 bridgehead atoms. The minimum Gasteiger partial charge on any atom is -0.409 e.